The first kappa shape index (κ1) is 15.7. The second-order valence-corrected chi connectivity index (χ2v) is 4.23. The van der Waals surface area contributed by atoms with Crippen LogP contribution in [0.4, 0.5) is 13.2 Å². The molecule has 1 aliphatic rings. The van der Waals surface area contributed by atoms with Crippen LogP contribution in [0.3, 0.4) is 0 Å². The Morgan fingerprint density at radius 1 is 1.42 bits per heavy atom. The lowest BCUT2D eigenvalue weighted by atomic mass is 10.2. The molecule has 1 rings (SSSR count). The van der Waals surface area contributed by atoms with E-state index in [0.29, 0.717) is 0 Å². The van der Waals surface area contributed by atoms with Gasteiger partial charge in [0.1, 0.15) is 0 Å². The molecule has 1 amide bonds. The predicted molar refractivity (Wildman–Crippen MR) is 58.2 cm³/mol. The van der Waals surface area contributed by atoms with E-state index < -0.39 is 37.0 Å². The van der Waals surface area contributed by atoms with Gasteiger partial charge in [0, 0.05) is 19.5 Å². The van der Waals surface area contributed by atoms with Gasteiger partial charge in [-0.25, -0.2) is 0 Å². The highest BCUT2D eigenvalue weighted by Crippen LogP contribution is 2.22. The molecule has 0 aliphatic carbocycles. The highest BCUT2D eigenvalue weighted by atomic mass is 19.4. The standard InChI is InChI=1S/C11H16F3NO4/c1-18-10(17)6-8-7-15(4-5-19-8)9(16)2-3-11(12,13)14/h8H,2-7H2,1H3. The lowest BCUT2D eigenvalue weighted by Crippen LogP contribution is -2.46. The van der Waals surface area contributed by atoms with Crippen molar-refractivity contribution in [1.29, 1.82) is 0 Å². The van der Waals surface area contributed by atoms with Crippen molar-refractivity contribution in [2.45, 2.75) is 31.5 Å². The minimum Gasteiger partial charge on any atom is -0.469 e. The molecule has 0 N–H and O–H groups in total. The number of hydrogen-bond acceptors (Lipinski definition) is 4. The van der Waals surface area contributed by atoms with Crippen LogP contribution in [0.15, 0.2) is 0 Å². The summed E-state index contributed by atoms with van der Waals surface area (Å²) < 4.78 is 45.8. The van der Waals surface area contributed by atoms with Gasteiger partial charge in [0.2, 0.25) is 5.91 Å². The second-order valence-electron chi connectivity index (χ2n) is 4.23. The monoisotopic (exact) mass is 283 g/mol. The summed E-state index contributed by atoms with van der Waals surface area (Å²) in [6, 6.07) is 0. The third kappa shape index (κ3) is 5.91. The molecular weight excluding hydrogens is 267 g/mol. The molecule has 1 atom stereocenters. The molecule has 0 spiro atoms. The Kier molecular flexibility index (Phi) is 5.59. The van der Waals surface area contributed by atoms with Crippen LogP contribution in [0.1, 0.15) is 19.3 Å². The van der Waals surface area contributed by atoms with Crippen molar-refractivity contribution >= 4 is 11.9 Å². The fraction of sp³-hybridized carbons (Fsp3) is 0.818. The molecule has 0 saturated carbocycles. The zero-order chi connectivity index (χ0) is 14.5. The normalized spacial score (nSPS) is 20.2. The summed E-state index contributed by atoms with van der Waals surface area (Å²) in [7, 11) is 1.23. The van der Waals surface area contributed by atoms with Crippen LogP contribution in [-0.2, 0) is 19.1 Å². The van der Waals surface area contributed by atoms with E-state index >= 15 is 0 Å². The van der Waals surface area contributed by atoms with Gasteiger partial charge in [0.15, 0.2) is 0 Å². The molecule has 1 saturated heterocycles. The molecule has 0 aromatic heterocycles. The number of ether oxygens (including phenoxy) is 2. The van der Waals surface area contributed by atoms with Crippen molar-refractivity contribution in [3.63, 3.8) is 0 Å². The maximum absolute atomic E-state index is 12.0. The van der Waals surface area contributed by atoms with Crippen LogP contribution in [0, 0.1) is 0 Å². The number of nitrogens with zero attached hydrogens (tertiary/aromatic N) is 1. The van der Waals surface area contributed by atoms with Gasteiger partial charge in [-0.15, -0.1) is 0 Å². The maximum Gasteiger partial charge on any atom is 0.389 e. The first-order valence-electron chi connectivity index (χ1n) is 5.85. The van der Waals surface area contributed by atoms with Crippen molar-refractivity contribution in [3.05, 3.63) is 0 Å². The molecule has 110 valence electrons. The molecule has 8 heteroatoms. The lowest BCUT2D eigenvalue weighted by Gasteiger charge is -2.32. The Morgan fingerprint density at radius 3 is 2.68 bits per heavy atom. The van der Waals surface area contributed by atoms with E-state index in [9.17, 15) is 22.8 Å². The van der Waals surface area contributed by atoms with E-state index in [0.717, 1.165) is 0 Å². The van der Waals surface area contributed by atoms with E-state index in [1.807, 2.05) is 0 Å². The van der Waals surface area contributed by atoms with Crippen molar-refractivity contribution in [2.24, 2.45) is 0 Å². The van der Waals surface area contributed by atoms with Gasteiger partial charge in [-0.2, -0.15) is 13.2 Å². The number of methoxy groups -OCH3 is 1. The molecule has 1 fully saturated rings. The number of carbonyl (C=O) groups is 2. The van der Waals surface area contributed by atoms with Crippen molar-refractivity contribution in [1.82, 2.24) is 4.90 Å². The molecule has 0 radical (unpaired) electrons. The first-order valence-corrected chi connectivity index (χ1v) is 5.85. The van der Waals surface area contributed by atoms with Crippen LogP contribution in [0.25, 0.3) is 0 Å². The molecule has 5 nitrogen and oxygen atoms in total. The average molecular weight is 283 g/mol. The average Bonchev–Trinajstić information content (AvgIpc) is 2.35. The van der Waals surface area contributed by atoms with E-state index in [1.54, 1.807) is 0 Å². The smallest absolute Gasteiger partial charge is 0.389 e. The quantitative estimate of drug-likeness (QED) is 0.725. The summed E-state index contributed by atoms with van der Waals surface area (Å²) in [6.07, 6.45) is -6.58. The van der Waals surface area contributed by atoms with Gasteiger partial charge in [-0.1, -0.05) is 0 Å². The zero-order valence-electron chi connectivity index (χ0n) is 10.5. The van der Waals surface area contributed by atoms with Gasteiger partial charge in [-0.3, -0.25) is 9.59 Å². The molecule has 1 aliphatic heterocycles. The number of hydrogen-bond donors (Lipinski definition) is 0. The third-order valence-corrected chi connectivity index (χ3v) is 2.74. The number of amides is 1. The van der Waals surface area contributed by atoms with Gasteiger partial charge in [0.05, 0.1) is 32.7 Å². The summed E-state index contributed by atoms with van der Waals surface area (Å²) in [5, 5.41) is 0. The van der Waals surface area contributed by atoms with Gasteiger partial charge >= 0.3 is 12.1 Å². The summed E-state index contributed by atoms with van der Waals surface area (Å²) >= 11 is 0. The topological polar surface area (TPSA) is 55.8 Å². The summed E-state index contributed by atoms with van der Waals surface area (Å²) in [4.78, 5) is 24.0. The van der Waals surface area contributed by atoms with Crippen LogP contribution >= 0.6 is 0 Å². The van der Waals surface area contributed by atoms with Crippen LogP contribution in [0.5, 0.6) is 0 Å². The molecule has 0 aromatic carbocycles. The number of alkyl halides is 3. The third-order valence-electron chi connectivity index (χ3n) is 2.74. The molecule has 1 heterocycles. The Balaban J connectivity index is 2.41. The van der Waals surface area contributed by atoms with E-state index in [-0.39, 0.29) is 26.1 Å². The second kappa shape index (κ2) is 6.74. The summed E-state index contributed by atoms with van der Waals surface area (Å²) in [5.74, 6) is -1.05. The van der Waals surface area contributed by atoms with E-state index in [1.165, 1.54) is 12.0 Å². The minimum absolute atomic E-state index is 0.0143. The fourth-order valence-electron chi connectivity index (χ4n) is 1.75. The number of carbonyl (C=O) groups excluding carboxylic acids is 2. The van der Waals surface area contributed by atoms with E-state index in [4.69, 9.17) is 4.74 Å². The SMILES string of the molecule is COC(=O)CC1CN(C(=O)CCC(F)(F)F)CCO1. The predicted octanol–water partition coefficient (Wildman–Crippen LogP) is 1.12. The van der Waals surface area contributed by atoms with Gasteiger partial charge in [0.25, 0.3) is 0 Å². The highest BCUT2D eigenvalue weighted by molar-refractivity contribution is 5.76. The summed E-state index contributed by atoms with van der Waals surface area (Å²) in [5.41, 5.74) is 0. The molecule has 19 heavy (non-hydrogen) atoms. The van der Waals surface area contributed by atoms with Crippen molar-refractivity contribution < 1.29 is 32.2 Å². The highest BCUT2D eigenvalue weighted by Gasteiger charge is 2.31. The van der Waals surface area contributed by atoms with E-state index in [2.05, 4.69) is 4.74 Å². The number of rotatable bonds is 4. The molecule has 0 bridgehead atoms. The molecule has 0 aromatic rings. The first-order chi connectivity index (χ1) is 8.81. The van der Waals surface area contributed by atoms with Crippen molar-refractivity contribution in [2.75, 3.05) is 26.8 Å². The van der Waals surface area contributed by atoms with Crippen LogP contribution in [0.2, 0.25) is 0 Å². The number of morpholine rings is 1. The zero-order valence-corrected chi connectivity index (χ0v) is 10.5. The Bertz CT molecular complexity index is 332. The molecular formula is C11H16F3NO4. The Labute approximate surface area is 108 Å². The summed E-state index contributed by atoms with van der Waals surface area (Å²) in [6.45, 7) is 0.569. The number of halogens is 3. The van der Waals surface area contributed by atoms with Gasteiger partial charge in [-0.05, 0) is 0 Å². The minimum atomic E-state index is -4.34. The lowest BCUT2D eigenvalue weighted by molar-refractivity contribution is -0.155. The maximum atomic E-state index is 12.0. The van der Waals surface area contributed by atoms with Crippen LogP contribution in [-0.4, -0.2) is 55.9 Å². The Hall–Kier alpha value is -1.31. The number of esters is 1. The largest absolute Gasteiger partial charge is 0.469 e. The van der Waals surface area contributed by atoms with Crippen molar-refractivity contribution in [3.8, 4) is 0 Å². The van der Waals surface area contributed by atoms with Gasteiger partial charge < -0.3 is 14.4 Å². The molecule has 1 unspecified atom stereocenters. The fourth-order valence-corrected chi connectivity index (χ4v) is 1.75. The van der Waals surface area contributed by atoms with Crippen LogP contribution < -0.4 is 0 Å². The Morgan fingerprint density at radius 2 is 2.11 bits per heavy atom.